The van der Waals surface area contributed by atoms with Crippen molar-refractivity contribution in [1.82, 2.24) is 14.9 Å². The van der Waals surface area contributed by atoms with Gasteiger partial charge in [0.25, 0.3) is 0 Å². The smallest absolute Gasteiger partial charge is 0.170 e. The van der Waals surface area contributed by atoms with Gasteiger partial charge in [0.05, 0.1) is 6.54 Å². The Balaban J connectivity index is 1.98. The minimum Gasteiger partial charge on any atom is -0.409 e. The summed E-state index contributed by atoms with van der Waals surface area (Å²) >= 11 is 0. The second kappa shape index (κ2) is 6.16. The fourth-order valence-corrected chi connectivity index (χ4v) is 1.78. The molecule has 0 saturated heterocycles. The molecule has 1 aromatic heterocycles. The number of hydrogen-bond acceptors (Lipinski definition) is 4. The van der Waals surface area contributed by atoms with Crippen LogP contribution in [-0.4, -0.2) is 20.6 Å². The van der Waals surface area contributed by atoms with Crippen LogP contribution in [0.25, 0.3) is 0 Å². The van der Waals surface area contributed by atoms with E-state index in [-0.39, 0.29) is 5.84 Å². The number of amidine groups is 1. The summed E-state index contributed by atoms with van der Waals surface area (Å²) in [6.07, 6.45) is 3.56. The average molecular weight is 277 g/mol. The van der Waals surface area contributed by atoms with Crippen LogP contribution in [0.2, 0.25) is 0 Å². The summed E-state index contributed by atoms with van der Waals surface area (Å²) in [5.41, 5.74) is 6.25. The minimum atomic E-state index is -0.401. The highest BCUT2D eigenvalue weighted by atomic mass is 19.1. The predicted octanol–water partition coefficient (Wildman–Crippen LogP) is 0.944. The monoisotopic (exact) mass is 277 g/mol. The van der Waals surface area contributed by atoms with E-state index in [4.69, 9.17) is 10.9 Å². The van der Waals surface area contributed by atoms with Crippen molar-refractivity contribution in [2.24, 2.45) is 17.9 Å². The molecule has 0 bridgehead atoms. The summed E-state index contributed by atoms with van der Waals surface area (Å²) < 4.78 is 15.7. The summed E-state index contributed by atoms with van der Waals surface area (Å²) in [4.78, 5) is 4.16. The van der Waals surface area contributed by atoms with Gasteiger partial charge in [0.1, 0.15) is 11.6 Å². The molecule has 2 aromatic rings. The normalized spacial score (nSPS) is 11.8. The maximum Gasteiger partial charge on any atom is 0.170 e. The molecular weight excluding hydrogens is 261 g/mol. The van der Waals surface area contributed by atoms with Gasteiger partial charge < -0.3 is 20.8 Å². The number of aryl methyl sites for hydroxylation is 1. The van der Waals surface area contributed by atoms with Crippen molar-refractivity contribution in [1.29, 1.82) is 0 Å². The molecule has 0 radical (unpaired) electrons. The third-order valence-corrected chi connectivity index (χ3v) is 2.98. The molecule has 0 unspecified atom stereocenters. The van der Waals surface area contributed by atoms with Gasteiger partial charge in [0, 0.05) is 37.1 Å². The molecule has 0 atom stereocenters. The van der Waals surface area contributed by atoms with E-state index < -0.39 is 5.82 Å². The van der Waals surface area contributed by atoms with Crippen LogP contribution in [0.3, 0.4) is 0 Å². The van der Waals surface area contributed by atoms with Crippen molar-refractivity contribution in [3.8, 4) is 0 Å². The summed E-state index contributed by atoms with van der Waals surface area (Å²) in [5.74, 6) is 0.358. The van der Waals surface area contributed by atoms with Gasteiger partial charge in [-0.2, -0.15) is 0 Å². The third-order valence-electron chi connectivity index (χ3n) is 2.98. The summed E-state index contributed by atoms with van der Waals surface area (Å²) in [7, 11) is 1.90. The molecule has 0 spiro atoms. The lowest BCUT2D eigenvalue weighted by Gasteiger charge is -2.07. The lowest BCUT2D eigenvalue weighted by molar-refractivity contribution is 0.318. The maximum absolute atomic E-state index is 13.8. The average Bonchev–Trinajstić information content (AvgIpc) is 2.85. The van der Waals surface area contributed by atoms with Crippen LogP contribution >= 0.6 is 0 Å². The lowest BCUT2D eigenvalue weighted by Crippen LogP contribution is -2.17. The van der Waals surface area contributed by atoms with Gasteiger partial charge in [-0.1, -0.05) is 17.3 Å². The molecule has 0 fully saturated rings. The van der Waals surface area contributed by atoms with Crippen LogP contribution < -0.4 is 11.1 Å². The van der Waals surface area contributed by atoms with Crippen LogP contribution in [-0.2, 0) is 20.1 Å². The number of nitrogens with one attached hydrogen (secondary N) is 1. The molecule has 6 nitrogen and oxygen atoms in total. The van der Waals surface area contributed by atoms with Crippen LogP contribution in [0, 0.1) is 5.82 Å². The van der Waals surface area contributed by atoms with Crippen molar-refractivity contribution in [3.63, 3.8) is 0 Å². The Labute approximate surface area is 115 Å². The van der Waals surface area contributed by atoms with E-state index in [1.165, 1.54) is 6.07 Å². The van der Waals surface area contributed by atoms with Gasteiger partial charge in [-0.05, 0) is 6.07 Å². The van der Waals surface area contributed by atoms with E-state index in [1.54, 1.807) is 18.3 Å². The fourth-order valence-electron chi connectivity index (χ4n) is 1.78. The Morgan fingerprint density at radius 3 is 2.90 bits per heavy atom. The number of oxime groups is 1. The second-order valence-corrected chi connectivity index (χ2v) is 4.35. The van der Waals surface area contributed by atoms with E-state index in [0.29, 0.717) is 24.2 Å². The van der Waals surface area contributed by atoms with Gasteiger partial charge in [-0.3, -0.25) is 0 Å². The van der Waals surface area contributed by atoms with Gasteiger partial charge >= 0.3 is 0 Å². The van der Waals surface area contributed by atoms with E-state index in [9.17, 15) is 4.39 Å². The van der Waals surface area contributed by atoms with E-state index in [1.807, 2.05) is 17.8 Å². The van der Waals surface area contributed by atoms with E-state index >= 15 is 0 Å². The lowest BCUT2D eigenvalue weighted by atomic mass is 10.1. The fraction of sp³-hybridized carbons (Fsp3) is 0.231. The van der Waals surface area contributed by atoms with Gasteiger partial charge in [-0.25, -0.2) is 9.37 Å². The summed E-state index contributed by atoms with van der Waals surface area (Å²) in [6, 6.07) is 4.46. The van der Waals surface area contributed by atoms with Crippen LogP contribution in [0.1, 0.15) is 17.0 Å². The molecule has 1 aromatic carbocycles. The van der Waals surface area contributed by atoms with E-state index in [2.05, 4.69) is 15.5 Å². The molecule has 0 saturated carbocycles. The van der Waals surface area contributed by atoms with Gasteiger partial charge in [0.2, 0.25) is 0 Å². The van der Waals surface area contributed by atoms with Gasteiger partial charge in [0.15, 0.2) is 5.84 Å². The molecule has 1 heterocycles. The Kier molecular flexibility index (Phi) is 4.31. The number of nitrogens with zero attached hydrogens (tertiary/aromatic N) is 3. The van der Waals surface area contributed by atoms with E-state index in [0.717, 1.165) is 5.82 Å². The maximum atomic E-state index is 13.8. The zero-order valence-electron chi connectivity index (χ0n) is 11.0. The molecule has 20 heavy (non-hydrogen) atoms. The highest BCUT2D eigenvalue weighted by Gasteiger charge is 2.07. The van der Waals surface area contributed by atoms with Crippen LogP contribution in [0.4, 0.5) is 4.39 Å². The van der Waals surface area contributed by atoms with Crippen molar-refractivity contribution < 1.29 is 9.60 Å². The quantitative estimate of drug-likeness (QED) is 0.328. The van der Waals surface area contributed by atoms with Crippen molar-refractivity contribution >= 4 is 5.84 Å². The molecule has 7 heteroatoms. The molecule has 106 valence electrons. The Bertz CT molecular complexity index is 623. The van der Waals surface area contributed by atoms with Gasteiger partial charge in [-0.15, -0.1) is 0 Å². The van der Waals surface area contributed by atoms with Crippen LogP contribution in [0.15, 0.2) is 35.7 Å². The molecule has 0 aliphatic rings. The Morgan fingerprint density at radius 1 is 1.50 bits per heavy atom. The number of nitrogens with two attached hydrogens (primary N) is 1. The number of hydrogen-bond donors (Lipinski definition) is 3. The molecular formula is C13H16FN5O. The molecule has 2 rings (SSSR count). The number of benzene rings is 1. The predicted molar refractivity (Wildman–Crippen MR) is 72.7 cm³/mol. The highest BCUT2D eigenvalue weighted by Crippen LogP contribution is 2.10. The number of rotatable bonds is 5. The zero-order valence-corrected chi connectivity index (χ0v) is 11.0. The number of imidazole rings is 1. The molecule has 0 amide bonds. The standard InChI is InChI=1S/C13H16FN5O/c1-19-5-4-17-12(19)8-16-7-10-3-2-9(6-11(10)14)13(15)18-20/h2-6,16,20H,7-8H2,1H3,(H2,15,18). The topological polar surface area (TPSA) is 88.5 Å². The van der Waals surface area contributed by atoms with Crippen molar-refractivity contribution in [3.05, 3.63) is 53.4 Å². The first-order valence-corrected chi connectivity index (χ1v) is 6.05. The van der Waals surface area contributed by atoms with Crippen LogP contribution in [0.5, 0.6) is 0 Å². The van der Waals surface area contributed by atoms with Crippen molar-refractivity contribution in [2.75, 3.05) is 0 Å². The SMILES string of the molecule is Cn1ccnc1CNCc1ccc(C(N)=NO)cc1F. The second-order valence-electron chi connectivity index (χ2n) is 4.35. The third kappa shape index (κ3) is 3.12. The molecule has 4 N–H and O–H groups in total. The minimum absolute atomic E-state index is 0.114. The first kappa shape index (κ1) is 14.0. The zero-order chi connectivity index (χ0) is 14.5. The first-order chi connectivity index (χ1) is 9.61. The number of aromatic nitrogens is 2. The molecule has 0 aliphatic heterocycles. The molecule has 0 aliphatic carbocycles. The summed E-state index contributed by atoms with van der Waals surface area (Å²) in [5, 5.41) is 14.5. The highest BCUT2D eigenvalue weighted by molar-refractivity contribution is 5.97. The first-order valence-electron chi connectivity index (χ1n) is 6.05. The Morgan fingerprint density at radius 2 is 2.30 bits per heavy atom. The largest absolute Gasteiger partial charge is 0.409 e. The Hall–Kier alpha value is -2.41. The summed E-state index contributed by atoms with van der Waals surface area (Å²) in [6.45, 7) is 0.917. The number of halogens is 1. The van der Waals surface area contributed by atoms with Crippen molar-refractivity contribution in [2.45, 2.75) is 13.1 Å².